The highest BCUT2D eigenvalue weighted by Gasteiger charge is 2.12. The monoisotopic (exact) mass is 310 g/mol. The van der Waals surface area contributed by atoms with Gasteiger partial charge >= 0.3 is 0 Å². The van der Waals surface area contributed by atoms with Crippen LogP contribution in [0.1, 0.15) is 42.7 Å². The van der Waals surface area contributed by atoms with Crippen LogP contribution in [0.4, 0.5) is 5.69 Å². The molecular weight excluding hydrogens is 288 g/mol. The highest BCUT2D eigenvalue weighted by Crippen LogP contribution is 2.14. The van der Waals surface area contributed by atoms with Gasteiger partial charge in [0.25, 0.3) is 5.91 Å². The molecule has 2 rings (SSSR count). The van der Waals surface area contributed by atoms with E-state index in [0.29, 0.717) is 11.3 Å². The van der Waals surface area contributed by atoms with E-state index in [1.54, 1.807) is 24.3 Å². The van der Waals surface area contributed by atoms with Crippen LogP contribution in [0.2, 0.25) is 0 Å². The van der Waals surface area contributed by atoms with Gasteiger partial charge in [0.05, 0.1) is 6.04 Å². The Bertz CT molecular complexity index is 664. The van der Waals surface area contributed by atoms with Gasteiger partial charge in [-0.2, -0.15) is 0 Å². The Kier molecular flexibility index (Phi) is 5.52. The number of benzene rings is 2. The largest absolute Gasteiger partial charge is 0.346 e. The predicted molar refractivity (Wildman–Crippen MR) is 92.2 cm³/mol. The molecule has 0 saturated carbocycles. The van der Waals surface area contributed by atoms with Crippen LogP contribution in [0.3, 0.4) is 0 Å². The number of nitrogens with one attached hydrogen (secondary N) is 2. The zero-order chi connectivity index (χ0) is 16.8. The van der Waals surface area contributed by atoms with Gasteiger partial charge in [0.1, 0.15) is 0 Å². The molecule has 0 aromatic heterocycles. The summed E-state index contributed by atoms with van der Waals surface area (Å²) < 4.78 is 0. The zero-order valence-corrected chi connectivity index (χ0v) is 13.7. The highest BCUT2D eigenvalue weighted by molar-refractivity contribution is 5.96. The minimum Gasteiger partial charge on any atom is -0.346 e. The first-order valence-corrected chi connectivity index (χ1v) is 7.74. The van der Waals surface area contributed by atoms with E-state index in [0.717, 1.165) is 5.56 Å². The van der Waals surface area contributed by atoms with Gasteiger partial charge in [-0.3, -0.25) is 9.59 Å². The van der Waals surface area contributed by atoms with Gasteiger partial charge in [-0.1, -0.05) is 44.2 Å². The van der Waals surface area contributed by atoms with Crippen LogP contribution in [0.15, 0.2) is 54.6 Å². The number of carbonyl (C=O) groups is 2. The lowest BCUT2D eigenvalue weighted by Gasteiger charge is -2.14. The fraction of sp³-hybridized carbons (Fsp3) is 0.263. The third kappa shape index (κ3) is 4.68. The Morgan fingerprint density at radius 3 is 2.04 bits per heavy atom. The van der Waals surface area contributed by atoms with Crippen LogP contribution in [0.25, 0.3) is 0 Å². The van der Waals surface area contributed by atoms with Crippen molar-refractivity contribution in [3.63, 3.8) is 0 Å². The molecule has 1 atom stereocenters. The topological polar surface area (TPSA) is 58.2 Å². The van der Waals surface area contributed by atoms with Gasteiger partial charge in [0, 0.05) is 17.2 Å². The second-order valence-corrected chi connectivity index (χ2v) is 5.83. The van der Waals surface area contributed by atoms with E-state index in [2.05, 4.69) is 10.6 Å². The SMILES string of the molecule is CC(C)C(=O)Nc1ccc(C(=O)N[C@@H](C)c2ccccc2)cc1. The molecule has 0 fully saturated rings. The van der Waals surface area contributed by atoms with E-state index in [9.17, 15) is 9.59 Å². The maximum absolute atomic E-state index is 12.3. The minimum absolute atomic E-state index is 0.0418. The van der Waals surface area contributed by atoms with Gasteiger partial charge < -0.3 is 10.6 Å². The third-order valence-electron chi connectivity index (χ3n) is 3.59. The number of rotatable bonds is 5. The number of amides is 2. The minimum atomic E-state index is -0.136. The van der Waals surface area contributed by atoms with Crippen molar-refractivity contribution < 1.29 is 9.59 Å². The fourth-order valence-electron chi connectivity index (χ4n) is 2.10. The zero-order valence-electron chi connectivity index (χ0n) is 13.7. The molecule has 0 aliphatic heterocycles. The Hall–Kier alpha value is -2.62. The lowest BCUT2D eigenvalue weighted by Crippen LogP contribution is -2.26. The average Bonchev–Trinajstić information content (AvgIpc) is 2.56. The van der Waals surface area contributed by atoms with Crippen LogP contribution in [0.5, 0.6) is 0 Å². The summed E-state index contributed by atoms with van der Waals surface area (Å²) in [4.78, 5) is 23.9. The first-order chi connectivity index (χ1) is 11.0. The molecule has 0 unspecified atom stereocenters. The summed E-state index contributed by atoms with van der Waals surface area (Å²) in [6.07, 6.45) is 0. The molecule has 0 saturated heterocycles. The van der Waals surface area contributed by atoms with Gasteiger partial charge in [-0.05, 0) is 36.8 Å². The first-order valence-electron chi connectivity index (χ1n) is 7.74. The molecule has 23 heavy (non-hydrogen) atoms. The smallest absolute Gasteiger partial charge is 0.251 e. The summed E-state index contributed by atoms with van der Waals surface area (Å²) >= 11 is 0. The number of hydrogen-bond acceptors (Lipinski definition) is 2. The van der Waals surface area contributed by atoms with Crippen LogP contribution >= 0.6 is 0 Å². The molecule has 2 amide bonds. The molecule has 0 spiro atoms. The molecule has 4 nitrogen and oxygen atoms in total. The molecular formula is C19H22N2O2. The van der Waals surface area contributed by atoms with E-state index in [-0.39, 0.29) is 23.8 Å². The Morgan fingerprint density at radius 1 is 0.870 bits per heavy atom. The van der Waals surface area contributed by atoms with Crippen molar-refractivity contribution in [2.24, 2.45) is 5.92 Å². The van der Waals surface area contributed by atoms with Gasteiger partial charge in [-0.15, -0.1) is 0 Å². The number of anilines is 1. The first kappa shape index (κ1) is 16.7. The quantitative estimate of drug-likeness (QED) is 0.883. The predicted octanol–water partition coefficient (Wildman–Crippen LogP) is 3.77. The van der Waals surface area contributed by atoms with Crippen molar-refractivity contribution in [2.45, 2.75) is 26.8 Å². The van der Waals surface area contributed by atoms with Gasteiger partial charge in [0.15, 0.2) is 0 Å². The Labute approximate surface area is 136 Å². The molecule has 0 aliphatic rings. The van der Waals surface area contributed by atoms with Crippen LogP contribution < -0.4 is 10.6 Å². The maximum Gasteiger partial charge on any atom is 0.251 e. The van der Waals surface area contributed by atoms with E-state index >= 15 is 0 Å². The number of hydrogen-bond donors (Lipinski definition) is 2. The van der Waals surface area contributed by atoms with Crippen molar-refractivity contribution in [2.75, 3.05) is 5.32 Å². The van der Waals surface area contributed by atoms with Gasteiger partial charge in [0.2, 0.25) is 5.91 Å². The molecule has 0 aliphatic carbocycles. The van der Waals surface area contributed by atoms with E-state index in [4.69, 9.17) is 0 Å². The molecule has 120 valence electrons. The number of carbonyl (C=O) groups excluding carboxylic acids is 2. The standard InChI is InChI=1S/C19H22N2O2/c1-13(2)18(22)21-17-11-9-16(10-12-17)19(23)20-14(3)15-7-5-4-6-8-15/h4-14H,1-3H3,(H,20,23)(H,21,22)/t14-/m0/s1. The molecule has 0 bridgehead atoms. The highest BCUT2D eigenvalue weighted by atomic mass is 16.2. The molecule has 4 heteroatoms. The lowest BCUT2D eigenvalue weighted by molar-refractivity contribution is -0.118. The summed E-state index contributed by atoms with van der Waals surface area (Å²) in [5.41, 5.74) is 2.31. The summed E-state index contributed by atoms with van der Waals surface area (Å²) in [6, 6.07) is 16.6. The molecule has 2 aromatic carbocycles. The second kappa shape index (κ2) is 7.58. The van der Waals surface area contributed by atoms with Gasteiger partial charge in [-0.25, -0.2) is 0 Å². The molecule has 2 N–H and O–H groups in total. The normalized spacial score (nSPS) is 11.8. The van der Waals surface area contributed by atoms with Crippen molar-refractivity contribution in [3.05, 3.63) is 65.7 Å². The van der Waals surface area contributed by atoms with Crippen molar-refractivity contribution in [1.82, 2.24) is 5.32 Å². The van der Waals surface area contributed by atoms with E-state index in [1.165, 1.54) is 0 Å². The van der Waals surface area contributed by atoms with Crippen molar-refractivity contribution >= 4 is 17.5 Å². The second-order valence-electron chi connectivity index (χ2n) is 5.83. The van der Waals surface area contributed by atoms with Crippen LogP contribution in [0, 0.1) is 5.92 Å². The Balaban J connectivity index is 1.99. The van der Waals surface area contributed by atoms with Crippen molar-refractivity contribution in [3.8, 4) is 0 Å². The summed E-state index contributed by atoms with van der Waals surface area (Å²) in [7, 11) is 0. The summed E-state index contributed by atoms with van der Waals surface area (Å²) in [5.74, 6) is -0.257. The maximum atomic E-state index is 12.3. The lowest BCUT2D eigenvalue weighted by atomic mass is 10.1. The van der Waals surface area contributed by atoms with Crippen LogP contribution in [-0.2, 0) is 4.79 Å². The third-order valence-corrected chi connectivity index (χ3v) is 3.59. The van der Waals surface area contributed by atoms with E-state index in [1.807, 2.05) is 51.1 Å². The van der Waals surface area contributed by atoms with E-state index < -0.39 is 0 Å². The Morgan fingerprint density at radius 2 is 1.48 bits per heavy atom. The molecule has 0 radical (unpaired) electrons. The molecule has 0 heterocycles. The average molecular weight is 310 g/mol. The molecule has 2 aromatic rings. The fourth-order valence-corrected chi connectivity index (χ4v) is 2.10. The summed E-state index contributed by atoms with van der Waals surface area (Å²) in [5, 5.41) is 5.77. The summed E-state index contributed by atoms with van der Waals surface area (Å²) in [6.45, 7) is 5.62. The van der Waals surface area contributed by atoms with Crippen molar-refractivity contribution in [1.29, 1.82) is 0 Å². The van der Waals surface area contributed by atoms with Crippen LogP contribution in [-0.4, -0.2) is 11.8 Å².